The molecule has 0 aliphatic heterocycles. The lowest BCUT2D eigenvalue weighted by molar-refractivity contribution is -0.384. The van der Waals surface area contributed by atoms with Gasteiger partial charge in [-0.05, 0) is 12.1 Å². The first kappa shape index (κ1) is 17.6. The molecule has 0 heterocycles. The van der Waals surface area contributed by atoms with Crippen LogP contribution in [0.3, 0.4) is 0 Å². The topological polar surface area (TPSA) is 9.23 Å². The Morgan fingerprint density at radius 2 is 1.38 bits per heavy atom. The second-order valence-corrected chi connectivity index (χ2v) is 3.84. The van der Waals surface area contributed by atoms with E-state index < -0.39 is 35.3 Å². The second-order valence-electron chi connectivity index (χ2n) is 3.84. The first-order chi connectivity index (χ1) is 9.29. The van der Waals surface area contributed by atoms with Crippen molar-refractivity contribution in [3.05, 3.63) is 35.4 Å². The fourth-order valence-electron chi connectivity index (χ4n) is 1.74. The van der Waals surface area contributed by atoms with Crippen molar-refractivity contribution in [1.82, 2.24) is 0 Å². The lowest BCUT2D eigenvalue weighted by atomic mass is 9.87. The molecule has 0 unspecified atom stereocenters. The van der Waals surface area contributed by atoms with Gasteiger partial charge in [-0.15, -0.1) is 0 Å². The average Bonchev–Trinajstić information content (AvgIpc) is 2.25. The molecule has 0 saturated carbocycles. The van der Waals surface area contributed by atoms with Crippen molar-refractivity contribution < 1.29 is 44.3 Å². The summed E-state index contributed by atoms with van der Waals surface area (Å²) in [5.74, 6) is 0. The summed E-state index contributed by atoms with van der Waals surface area (Å²) in [5, 5.41) is 0. The van der Waals surface area contributed by atoms with Crippen LogP contribution in [0.25, 0.3) is 0 Å². The molecule has 0 bridgehead atoms. The zero-order valence-electron chi connectivity index (χ0n) is 10.0. The number of hydrogen-bond donors (Lipinski definition) is 0. The molecule has 0 aliphatic rings. The summed E-state index contributed by atoms with van der Waals surface area (Å²) in [6, 6.07) is 2.59. The summed E-state index contributed by atoms with van der Waals surface area (Å²) in [6.07, 6.45) is -17.8. The molecule has 10 heteroatoms. The van der Waals surface area contributed by atoms with Crippen LogP contribution < -0.4 is 0 Å². The van der Waals surface area contributed by atoms with E-state index in [9.17, 15) is 39.5 Å². The maximum atomic E-state index is 12.9. The summed E-state index contributed by atoms with van der Waals surface area (Å²) < 4.78 is 119. The molecule has 119 valence electrons. The lowest BCUT2D eigenvalue weighted by Crippen LogP contribution is -2.56. The van der Waals surface area contributed by atoms with Gasteiger partial charge in [-0.2, -0.15) is 39.5 Å². The first-order valence-electron chi connectivity index (χ1n) is 5.06. The van der Waals surface area contributed by atoms with Crippen molar-refractivity contribution >= 4 is 0 Å². The summed E-state index contributed by atoms with van der Waals surface area (Å²) in [4.78, 5) is 0. The summed E-state index contributed by atoms with van der Waals surface area (Å²) in [7, 11) is 0.0297. The third-order valence-electron chi connectivity index (χ3n) is 2.62. The van der Waals surface area contributed by atoms with Gasteiger partial charge in [0.2, 0.25) is 0 Å². The number of halogens is 9. The molecule has 1 aromatic rings. The molecule has 0 amide bonds. The van der Waals surface area contributed by atoms with Gasteiger partial charge < -0.3 is 4.74 Å². The minimum absolute atomic E-state index is 0.0297. The molecule has 0 N–H and O–H groups in total. The SMILES string of the molecule is COC(c1[c]cccc1C(F)(F)F)(C(F)(F)F)C(F)(F)F. The molecule has 0 aliphatic carbocycles. The van der Waals surface area contributed by atoms with E-state index in [4.69, 9.17) is 0 Å². The van der Waals surface area contributed by atoms with Gasteiger partial charge in [0, 0.05) is 12.7 Å². The Morgan fingerprint density at radius 1 is 0.905 bits per heavy atom. The van der Waals surface area contributed by atoms with Gasteiger partial charge in [0.05, 0.1) is 5.56 Å². The Balaban J connectivity index is 3.80. The molecule has 21 heavy (non-hydrogen) atoms. The Hall–Kier alpha value is -1.45. The van der Waals surface area contributed by atoms with E-state index in [2.05, 4.69) is 4.74 Å². The van der Waals surface area contributed by atoms with Crippen molar-refractivity contribution in [1.29, 1.82) is 0 Å². The Bertz CT molecular complexity index is 484. The van der Waals surface area contributed by atoms with Crippen LogP contribution in [0.2, 0.25) is 0 Å². The number of benzene rings is 1. The summed E-state index contributed by atoms with van der Waals surface area (Å²) in [6.45, 7) is 0. The molecular formula is C11H6F9O. The van der Waals surface area contributed by atoms with Crippen LogP contribution in [0.1, 0.15) is 11.1 Å². The van der Waals surface area contributed by atoms with Crippen LogP contribution in [-0.4, -0.2) is 19.5 Å². The Kier molecular flexibility index (Phi) is 4.25. The van der Waals surface area contributed by atoms with E-state index in [-0.39, 0.29) is 13.2 Å². The molecule has 0 saturated heterocycles. The van der Waals surface area contributed by atoms with Gasteiger partial charge in [0.25, 0.3) is 5.60 Å². The van der Waals surface area contributed by atoms with Crippen LogP contribution in [-0.2, 0) is 16.5 Å². The Morgan fingerprint density at radius 3 is 1.71 bits per heavy atom. The van der Waals surface area contributed by atoms with Crippen LogP contribution in [0, 0.1) is 6.07 Å². The van der Waals surface area contributed by atoms with Crippen molar-refractivity contribution in [3.8, 4) is 0 Å². The maximum Gasteiger partial charge on any atom is 0.430 e. The standard InChI is InChI=1S/C11H6F9O/c1-21-8(10(15,16)17,11(18,19)20)6-4-2-3-5-7(6)9(12,13)14/h2-3,5H,1H3. The normalized spacial score (nSPS) is 14.4. The third-order valence-corrected chi connectivity index (χ3v) is 2.62. The van der Waals surface area contributed by atoms with Gasteiger partial charge in [-0.3, -0.25) is 0 Å². The van der Waals surface area contributed by atoms with Gasteiger partial charge >= 0.3 is 18.5 Å². The van der Waals surface area contributed by atoms with E-state index in [0.717, 1.165) is 0 Å². The summed E-state index contributed by atoms with van der Waals surface area (Å²) in [5.41, 5.74) is -9.42. The van der Waals surface area contributed by atoms with E-state index in [1.807, 2.05) is 0 Å². The smallest absolute Gasteiger partial charge is 0.357 e. The maximum absolute atomic E-state index is 12.9. The predicted molar refractivity (Wildman–Crippen MR) is 51.1 cm³/mol. The predicted octanol–water partition coefficient (Wildman–Crippen LogP) is 4.47. The minimum atomic E-state index is -6.17. The monoisotopic (exact) mass is 325 g/mol. The van der Waals surface area contributed by atoms with E-state index in [0.29, 0.717) is 12.1 Å². The van der Waals surface area contributed by atoms with Gasteiger partial charge in [0.15, 0.2) is 0 Å². The Labute approximate surface area is 112 Å². The molecule has 0 spiro atoms. The van der Waals surface area contributed by atoms with Crippen LogP contribution in [0.15, 0.2) is 18.2 Å². The third kappa shape index (κ3) is 2.81. The van der Waals surface area contributed by atoms with Crippen LogP contribution >= 0.6 is 0 Å². The van der Waals surface area contributed by atoms with Gasteiger partial charge in [-0.1, -0.05) is 12.1 Å². The fourth-order valence-corrected chi connectivity index (χ4v) is 1.74. The van der Waals surface area contributed by atoms with Crippen molar-refractivity contribution in [2.45, 2.75) is 24.1 Å². The molecular weight excluding hydrogens is 319 g/mol. The number of alkyl halides is 9. The van der Waals surface area contributed by atoms with Crippen molar-refractivity contribution in [2.75, 3.05) is 7.11 Å². The highest BCUT2D eigenvalue weighted by Gasteiger charge is 2.74. The van der Waals surface area contributed by atoms with E-state index in [1.165, 1.54) is 6.07 Å². The fraction of sp³-hybridized carbons (Fsp3) is 0.455. The molecule has 0 aromatic heterocycles. The highest BCUT2D eigenvalue weighted by atomic mass is 19.4. The number of hydrogen-bond acceptors (Lipinski definition) is 1. The van der Waals surface area contributed by atoms with Crippen molar-refractivity contribution in [3.63, 3.8) is 0 Å². The van der Waals surface area contributed by atoms with Crippen molar-refractivity contribution in [2.24, 2.45) is 0 Å². The quantitative estimate of drug-likeness (QED) is 0.729. The molecule has 1 radical (unpaired) electrons. The number of ether oxygens (including phenoxy) is 1. The minimum Gasteiger partial charge on any atom is -0.357 e. The largest absolute Gasteiger partial charge is 0.430 e. The average molecular weight is 325 g/mol. The highest BCUT2D eigenvalue weighted by molar-refractivity contribution is 5.36. The van der Waals surface area contributed by atoms with Gasteiger partial charge in [0.1, 0.15) is 0 Å². The number of methoxy groups -OCH3 is 1. The zero-order chi connectivity index (χ0) is 16.7. The molecule has 0 atom stereocenters. The van der Waals surface area contributed by atoms with E-state index in [1.54, 1.807) is 0 Å². The highest BCUT2D eigenvalue weighted by Crippen LogP contribution is 2.54. The zero-order valence-corrected chi connectivity index (χ0v) is 10.0. The van der Waals surface area contributed by atoms with E-state index >= 15 is 0 Å². The lowest BCUT2D eigenvalue weighted by Gasteiger charge is -2.37. The first-order valence-corrected chi connectivity index (χ1v) is 5.06. The molecule has 1 nitrogen and oxygen atoms in total. The molecule has 1 rings (SSSR count). The van der Waals surface area contributed by atoms with Crippen LogP contribution in [0.5, 0.6) is 0 Å². The van der Waals surface area contributed by atoms with Gasteiger partial charge in [-0.25, -0.2) is 0 Å². The summed E-state index contributed by atoms with van der Waals surface area (Å²) >= 11 is 0. The molecule has 1 aromatic carbocycles. The number of rotatable bonds is 2. The second kappa shape index (κ2) is 5.08. The molecule has 0 fully saturated rings. The van der Waals surface area contributed by atoms with Crippen LogP contribution in [0.4, 0.5) is 39.5 Å².